The quantitative estimate of drug-likeness (QED) is 0.314. The third kappa shape index (κ3) is 5.59. The van der Waals surface area contributed by atoms with Gasteiger partial charge in [-0.15, -0.1) is 0 Å². The Kier molecular flexibility index (Phi) is 8.40. The lowest BCUT2D eigenvalue weighted by Gasteiger charge is -2.28. The van der Waals surface area contributed by atoms with Crippen molar-refractivity contribution in [1.29, 1.82) is 0 Å². The molecule has 1 aliphatic rings. The molecule has 1 N–H and O–H groups in total. The van der Waals surface area contributed by atoms with Gasteiger partial charge in [-0.05, 0) is 50.3 Å². The average Bonchev–Trinajstić information content (AvgIpc) is 3.10. The number of carbonyl (C=O) groups excluding carboxylic acids is 2. The Morgan fingerprint density at radius 3 is 2.31 bits per heavy atom. The zero-order valence-corrected chi connectivity index (χ0v) is 21.2. The van der Waals surface area contributed by atoms with Gasteiger partial charge >= 0.3 is 0 Å². The van der Waals surface area contributed by atoms with Crippen LogP contribution < -0.4 is 14.2 Å². The van der Waals surface area contributed by atoms with Crippen molar-refractivity contribution >= 4 is 17.4 Å². The number of ether oxygens (including phenoxy) is 3. The number of rotatable bonds is 10. The van der Waals surface area contributed by atoms with Crippen LogP contribution in [0.4, 0.5) is 0 Å². The summed E-state index contributed by atoms with van der Waals surface area (Å²) in [5.74, 6) is 0.249. The summed E-state index contributed by atoms with van der Waals surface area (Å²) < 4.78 is 16.8. The summed E-state index contributed by atoms with van der Waals surface area (Å²) in [6.45, 7) is 5.52. The third-order valence-electron chi connectivity index (χ3n) is 5.77. The smallest absolute Gasteiger partial charge is 0.295 e. The zero-order chi connectivity index (χ0) is 25.7. The van der Waals surface area contributed by atoms with Gasteiger partial charge in [0, 0.05) is 24.2 Å². The van der Waals surface area contributed by atoms with Gasteiger partial charge in [0.1, 0.15) is 11.5 Å². The number of likely N-dealkylation sites (tertiary alicyclic amines) is 1. The van der Waals surface area contributed by atoms with Crippen LogP contribution in [-0.4, -0.2) is 74.6 Å². The number of carbonyl (C=O) groups is 2. The van der Waals surface area contributed by atoms with Crippen LogP contribution in [0.5, 0.6) is 17.2 Å². The van der Waals surface area contributed by atoms with Gasteiger partial charge in [-0.25, -0.2) is 0 Å². The van der Waals surface area contributed by atoms with E-state index in [4.69, 9.17) is 14.2 Å². The average molecular weight is 483 g/mol. The van der Waals surface area contributed by atoms with Gasteiger partial charge in [-0.1, -0.05) is 26.0 Å². The Balaban J connectivity index is 2.13. The molecule has 0 spiro atoms. The van der Waals surface area contributed by atoms with E-state index >= 15 is 0 Å². The van der Waals surface area contributed by atoms with Gasteiger partial charge in [0.05, 0.1) is 32.4 Å². The molecule has 2 aromatic rings. The van der Waals surface area contributed by atoms with Gasteiger partial charge in [-0.2, -0.15) is 0 Å². The van der Waals surface area contributed by atoms with E-state index < -0.39 is 17.7 Å². The normalized spacial score (nSPS) is 17.4. The van der Waals surface area contributed by atoms with E-state index in [0.717, 1.165) is 0 Å². The Morgan fingerprint density at radius 1 is 1.06 bits per heavy atom. The summed E-state index contributed by atoms with van der Waals surface area (Å²) in [5, 5.41) is 11.3. The van der Waals surface area contributed by atoms with Crippen LogP contribution in [0, 0.1) is 5.92 Å². The second-order valence-electron chi connectivity index (χ2n) is 9.11. The van der Waals surface area contributed by atoms with Crippen LogP contribution in [0.3, 0.4) is 0 Å². The lowest BCUT2D eigenvalue weighted by molar-refractivity contribution is -0.140. The standard InChI is InChI=1S/C27H34N2O6/c1-17(2)16-35-19-12-10-18(11-13-19)24(30)22-23(20-8-7-9-21(33-5)26(20)34-6)29(15-14-28(3)4)27(32)25(22)31/h7-13,17,23,30H,14-16H2,1-6H3/b24-22-. The molecule has 1 aliphatic heterocycles. The molecular formula is C27H34N2O6. The first-order valence-corrected chi connectivity index (χ1v) is 11.6. The highest BCUT2D eigenvalue weighted by Crippen LogP contribution is 2.45. The number of benzene rings is 2. The molecule has 1 saturated heterocycles. The van der Waals surface area contributed by atoms with E-state index in [9.17, 15) is 14.7 Å². The van der Waals surface area contributed by atoms with E-state index in [1.807, 2.05) is 19.0 Å². The number of likely N-dealkylation sites (N-methyl/N-ethyl adjacent to an activating group) is 1. The summed E-state index contributed by atoms with van der Waals surface area (Å²) >= 11 is 0. The lowest BCUT2D eigenvalue weighted by Crippen LogP contribution is -2.35. The van der Waals surface area contributed by atoms with Crippen LogP contribution >= 0.6 is 0 Å². The number of nitrogens with zero attached hydrogens (tertiary/aromatic N) is 2. The number of methoxy groups -OCH3 is 2. The predicted molar refractivity (Wildman–Crippen MR) is 134 cm³/mol. The fourth-order valence-electron chi connectivity index (χ4n) is 4.00. The third-order valence-corrected chi connectivity index (χ3v) is 5.77. The second-order valence-corrected chi connectivity index (χ2v) is 9.11. The number of Topliss-reactive ketones (excluding diaryl/α,β-unsaturated/α-hetero) is 1. The molecule has 0 aliphatic carbocycles. The van der Waals surface area contributed by atoms with Crippen molar-refractivity contribution in [2.75, 3.05) is 48.0 Å². The number of para-hydroxylation sites is 1. The fraction of sp³-hybridized carbons (Fsp3) is 0.407. The molecule has 0 aromatic heterocycles. The van der Waals surface area contributed by atoms with E-state index in [-0.39, 0.29) is 11.3 Å². The van der Waals surface area contributed by atoms with E-state index in [1.54, 1.807) is 42.5 Å². The minimum atomic E-state index is -0.836. The largest absolute Gasteiger partial charge is 0.507 e. The number of hydrogen-bond donors (Lipinski definition) is 1. The molecule has 3 rings (SSSR count). The van der Waals surface area contributed by atoms with E-state index in [0.29, 0.717) is 54.0 Å². The summed E-state index contributed by atoms with van der Waals surface area (Å²) in [6.07, 6.45) is 0. The minimum absolute atomic E-state index is 0.0103. The highest BCUT2D eigenvalue weighted by Gasteiger charge is 2.47. The number of aliphatic hydroxyl groups excluding tert-OH is 1. The SMILES string of the molecule is COc1cccc(C2/C(=C(/O)c3ccc(OCC(C)C)cc3)C(=O)C(=O)N2CCN(C)C)c1OC. The summed E-state index contributed by atoms with van der Waals surface area (Å²) in [7, 11) is 6.80. The van der Waals surface area contributed by atoms with E-state index in [1.165, 1.54) is 19.1 Å². The first-order valence-electron chi connectivity index (χ1n) is 11.6. The first kappa shape index (κ1) is 26.1. The molecule has 1 heterocycles. The molecule has 1 amide bonds. The van der Waals surface area contributed by atoms with Crippen LogP contribution in [0.15, 0.2) is 48.0 Å². The van der Waals surface area contributed by atoms with Crippen molar-refractivity contribution in [2.24, 2.45) is 5.92 Å². The lowest BCUT2D eigenvalue weighted by atomic mass is 9.94. The van der Waals surface area contributed by atoms with Crippen molar-refractivity contribution in [3.8, 4) is 17.2 Å². The maximum atomic E-state index is 13.2. The Labute approximate surface area is 206 Å². The van der Waals surface area contributed by atoms with Crippen molar-refractivity contribution in [3.63, 3.8) is 0 Å². The molecule has 1 unspecified atom stereocenters. The topological polar surface area (TPSA) is 88.5 Å². The van der Waals surface area contributed by atoms with E-state index in [2.05, 4.69) is 13.8 Å². The molecular weight excluding hydrogens is 448 g/mol. The summed E-state index contributed by atoms with van der Waals surface area (Å²) in [6, 6.07) is 11.3. The minimum Gasteiger partial charge on any atom is -0.507 e. The van der Waals surface area contributed by atoms with Crippen LogP contribution in [0.1, 0.15) is 31.0 Å². The Hall–Kier alpha value is -3.52. The maximum absolute atomic E-state index is 13.2. The zero-order valence-electron chi connectivity index (χ0n) is 21.2. The molecule has 35 heavy (non-hydrogen) atoms. The highest BCUT2D eigenvalue weighted by molar-refractivity contribution is 6.46. The van der Waals surface area contributed by atoms with Gasteiger partial charge in [0.2, 0.25) is 0 Å². The number of ketones is 1. The van der Waals surface area contributed by atoms with Gasteiger partial charge in [-0.3, -0.25) is 9.59 Å². The van der Waals surface area contributed by atoms with Gasteiger partial charge < -0.3 is 29.1 Å². The van der Waals surface area contributed by atoms with Crippen molar-refractivity contribution < 1.29 is 28.9 Å². The second kappa shape index (κ2) is 11.3. The molecule has 0 saturated carbocycles. The van der Waals surface area contributed by atoms with Crippen molar-refractivity contribution in [2.45, 2.75) is 19.9 Å². The van der Waals surface area contributed by atoms with Crippen molar-refractivity contribution in [1.82, 2.24) is 9.80 Å². The molecule has 188 valence electrons. The fourth-order valence-corrected chi connectivity index (χ4v) is 4.00. The molecule has 8 nitrogen and oxygen atoms in total. The van der Waals surface area contributed by atoms with Gasteiger partial charge in [0.25, 0.3) is 11.7 Å². The van der Waals surface area contributed by atoms with Crippen LogP contribution in [0.25, 0.3) is 5.76 Å². The molecule has 1 atom stereocenters. The maximum Gasteiger partial charge on any atom is 0.295 e. The molecule has 2 aromatic carbocycles. The first-order chi connectivity index (χ1) is 16.7. The molecule has 0 radical (unpaired) electrons. The summed E-state index contributed by atoms with van der Waals surface area (Å²) in [4.78, 5) is 29.8. The number of hydrogen-bond acceptors (Lipinski definition) is 7. The van der Waals surface area contributed by atoms with Crippen LogP contribution in [0.2, 0.25) is 0 Å². The monoisotopic (exact) mass is 482 g/mol. The Bertz CT molecular complexity index is 1090. The number of aliphatic hydroxyl groups is 1. The summed E-state index contributed by atoms with van der Waals surface area (Å²) in [5.41, 5.74) is 0.985. The molecule has 0 bridgehead atoms. The molecule has 8 heteroatoms. The highest BCUT2D eigenvalue weighted by atomic mass is 16.5. The van der Waals surface area contributed by atoms with Crippen molar-refractivity contribution in [3.05, 3.63) is 59.2 Å². The number of amides is 1. The van der Waals surface area contributed by atoms with Gasteiger partial charge in [0.15, 0.2) is 11.5 Å². The van der Waals surface area contributed by atoms with Crippen LogP contribution in [-0.2, 0) is 9.59 Å². The predicted octanol–water partition coefficient (Wildman–Crippen LogP) is 3.72. The Morgan fingerprint density at radius 2 is 1.74 bits per heavy atom. The molecule has 1 fully saturated rings.